The zero-order valence-corrected chi connectivity index (χ0v) is 14.1. The molecular weight excluding hydrogens is 288 g/mol. The molecule has 21 heavy (non-hydrogen) atoms. The molecule has 1 atom stereocenters. The second kappa shape index (κ2) is 8.90. The van der Waals surface area contributed by atoms with Crippen molar-refractivity contribution in [2.75, 3.05) is 13.2 Å². The topological polar surface area (TPSA) is 64.3 Å². The molecule has 5 heteroatoms. The Morgan fingerprint density at radius 1 is 1.29 bits per heavy atom. The van der Waals surface area contributed by atoms with Crippen molar-refractivity contribution in [2.24, 2.45) is 5.73 Å². The average Bonchev–Trinajstić information content (AvgIpc) is 2.36. The molecule has 0 aromatic heterocycles. The molecule has 0 aliphatic carbocycles. The van der Waals surface area contributed by atoms with E-state index < -0.39 is 0 Å². The Labute approximate surface area is 133 Å². The summed E-state index contributed by atoms with van der Waals surface area (Å²) in [5.41, 5.74) is 6.74. The minimum atomic E-state index is -0.0355. The third-order valence-electron chi connectivity index (χ3n) is 3.00. The van der Waals surface area contributed by atoms with Gasteiger partial charge in [-0.1, -0.05) is 32.9 Å². The fraction of sp³-hybridized carbons (Fsp3) is 0.562. The summed E-state index contributed by atoms with van der Waals surface area (Å²) < 4.78 is 5.67. The van der Waals surface area contributed by atoms with Crippen LogP contribution in [0.1, 0.15) is 39.7 Å². The smallest absolute Gasteiger partial charge is 0.221 e. The third-order valence-corrected chi connectivity index (χ3v) is 3.00. The molecule has 1 aromatic rings. The molecule has 0 saturated carbocycles. The van der Waals surface area contributed by atoms with Crippen molar-refractivity contribution in [3.8, 4) is 5.75 Å². The van der Waals surface area contributed by atoms with Gasteiger partial charge in [0.25, 0.3) is 0 Å². The van der Waals surface area contributed by atoms with Gasteiger partial charge in [0, 0.05) is 13.0 Å². The van der Waals surface area contributed by atoms with Gasteiger partial charge in [-0.3, -0.25) is 4.79 Å². The molecule has 0 heterocycles. The fourth-order valence-electron chi connectivity index (χ4n) is 1.79. The molecule has 0 aliphatic rings. The Bertz CT molecular complexity index is 427. The maximum Gasteiger partial charge on any atom is 0.221 e. The number of ether oxygens (including phenoxy) is 1. The van der Waals surface area contributed by atoms with E-state index >= 15 is 0 Å². The van der Waals surface area contributed by atoms with Crippen molar-refractivity contribution < 1.29 is 9.53 Å². The van der Waals surface area contributed by atoms with Gasteiger partial charge in [-0.05, 0) is 30.0 Å². The summed E-state index contributed by atoms with van der Waals surface area (Å²) in [5.74, 6) is 0.782. The summed E-state index contributed by atoms with van der Waals surface area (Å²) >= 11 is 0. The maximum absolute atomic E-state index is 11.4. The van der Waals surface area contributed by atoms with Crippen molar-refractivity contribution in [2.45, 2.75) is 45.6 Å². The van der Waals surface area contributed by atoms with Gasteiger partial charge in [0.15, 0.2) is 0 Å². The lowest BCUT2D eigenvalue weighted by Crippen LogP contribution is -2.37. The molecule has 120 valence electrons. The van der Waals surface area contributed by atoms with E-state index in [9.17, 15) is 4.79 Å². The van der Waals surface area contributed by atoms with Crippen LogP contribution >= 0.6 is 12.4 Å². The SMILES string of the molecule is CC(COc1ccc(C(C)(C)C)cc1)NC(=O)CCN.Cl. The standard InChI is InChI=1S/C16H26N2O2.ClH/c1-12(18-15(19)9-10-17)11-20-14-7-5-13(6-8-14)16(2,3)4;/h5-8,12H,9-11,17H2,1-4H3,(H,18,19);1H. The Morgan fingerprint density at radius 2 is 1.86 bits per heavy atom. The number of rotatable bonds is 6. The molecule has 0 aliphatic heterocycles. The molecular formula is C16H27ClN2O2. The van der Waals surface area contributed by atoms with E-state index in [0.29, 0.717) is 19.6 Å². The molecule has 0 fully saturated rings. The van der Waals surface area contributed by atoms with Gasteiger partial charge in [0.1, 0.15) is 12.4 Å². The van der Waals surface area contributed by atoms with Gasteiger partial charge >= 0.3 is 0 Å². The van der Waals surface area contributed by atoms with Crippen molar-refractivity contribution in [3.63, 3.8) is 0 Å². The first-order valence-corrected chi connectivity index (χ1v) is 7.05. The van der Waals surface area contributed by atoms with Gasteiger partial charge < -0.3 is 15.8 Å². The first kappa shape index (κ1) is 19.7. The van der Waals surface area contributed by atoms with Gasteiger partial charge in [0.2, 0.25) is 5.91 Å². The summed E-state index contributed by atoms with van der Waals surface area (Å²) in [5, 5.41) is 2.84. The molecule has 1 rings (SSSR count). The Morgan fingerprint density at radius 3 is 2.33 bits per heavy atom. The summed E-state index contributed by atoms with van der Waals surface area (Å²) in [6, 6.07) is 8.06. The highest BCUT2D eigenvalue weighted by atomic mass is 35.5. The number of nitrogens with one attached hydrogen (secondary N) is 1. The van der Waals surface area contributed by atoms with Crippen LogP contribution in [0.3, 0.4) is 0 Å². The highest BCUT2D eigenvalue weighted by molar-refractivity contribution is 5.85. The van der Waals surface area contributed by atoms with Crippen LogP contribution in [-0.2, 0) is 10.2 Å². The number of amides is 1. The molecule has 1 unspecified atom stereocenters. The number of carbonyl (C=O) groups is 1. The third kappa shape index (κ3) is 7.34. The van der Waals surface area contributed by atoms with Crippen molar-refractivity contribution in [1.82, 2.24) is 5.32 Å². The predicted octanol–water partition coefficient (Wildman–Crippen LogP) is 2.64. The van der Waals surface area contributed by atoms with E-state index in [0.717, 1.165) is 5.75 Å². The summed E-state index contributed by atoms with van der Waals surface area (Å²) in [4.78, 5) is 11.4. The number of hydrogen-bond acceptors (Lipinski definition) is 3. The number of halogens is 1. The largest absolute Gasteiger partial charge is 0.491 e. The summed E-state index contributed by atoms with van der Waals surface area (Å²) in [6.07, 6.45) is 0.352. The van der Waals surface area contributed by atoms with Gasteiger partial charge in [-0.25, -0.2) is 0 Å². The lowest BCUT2D eigenvalue weighted by atomic mass is 9.87. The normalized spacial score (nSPS) is 12.2. The van der Waals surface area contributed by atoms with Crippen molar-refractivity contribution in [1.29, 1.82) is 0 Å². The Kier molecular flexibility index (Phi) is 8.37. The Hall–Kier alpha value is -1.26. The quantitative estimate of drug-likeness (QED) is 0.848. The molecule has 3 N–H and O–H groups in total. The minimum absolute atomic E-state index is 0. The number of nitrogens with two attached hydrogens (primary N) is 1. The van der Waals surface area contributed by atoms with Crippen molar-refractivity contribution >= 4 is 18.3 Å². The number of hydrogen-bond donors (Lipinski definition) is 2. The van der Waals surface area contributed by atoms with Gasteiger partial charge in [-0.2, -0.15) is 0 Å². The number of carbonyl (C=O) groups excluding carboxylic acids is 1. The van der Waals surface area contributed by atoms with E-state index in [2.05, 4.69) is 38.2 Å². The molecule has 0 bridgehead atoms. The number of benzene rings is 1. The van der Waals surface area contributed by atoms with Gasteiger partial charge in [-0.15, -0.1) is 12.4 Å². The second-order valence-electron chi connectivity index (χ2n) is 6.09. The second-order valence-corrected chi connectivity index (χ2v) is 6.09. The molecule has 4 nitrogen and oxygen atoms in total. The fourth-order valence-corrected chi connectivity index (χ4v) is 1.79. The Balaban J connectivity index is 0.00000400. The van der Waals surface area contributed by atoms with Gasteiger partial charge in [0.05, 0.1) is 6.04 Å². The van der Waals surface area contributed by atoms with E-state index in [1.807, 2.05) is 19.1 Å². The van der Waals surface area contributed by atoms with E-state index in [1.54, 1.807) is 0 Å². The monoisotopic (exact) mass is 314 g/mol. The van der Waals surface area contributed by atoms with Crippen LogP contribution < -0.4 is 15.8 Å². The first-order chi connectivity index (χ1) is 9.32. The average molecular weight is 315 g/mol. The maximum atomic E-state index is 11.4. The predicted molar refractivity (Wildman–Crippen MR) is 89.2 cm³/mol. The van der Waals surface area contributed by atoms with Crippen LogP contribution in [0.2, 0.25) is 0 Å². The molecule has 0 spiro atoms. The van der Waals surface area contributed by atoms with Crippen LogP contribution in [0, 0.1) is 0 Å². The lowest BCUT2D eigenvalue weighted by Gasteiger charge is -2.19. The minimum Gasteiger partial charge on any atom is -0.491 e. The van der Waals surface area contributed by atoms with Crippen LogP contribution in [0.4, 0.5) is 0 Å². The lowest BCUT2D eigenvalue weighted by molar-refractivity contribution is -0.121. The van der Waals surface area contributed by atoms with E-state index in [4.69, 9.17) is 10.5 Å². The highest BCUT2D eigenvalue weighted by Crippen LogP contribution is 2.24. The van der Waals surface area contributed by atoms with Crippen LogP contribution in [0.5, 0.6) is 5.75 Å². The van der Waals surface area contributed by atoms with Crippen LogP contribution in [-0.4, -0.2) is 25.1 Å². The molecule has 0 saturated heterocycles. The summed E-state index contributed by atoms with van der Waals surface area (Å²) in [7, 11) is 0. The highest BCUT2D eigenvalue weighted by Gasteiger charge is 2.13. The zero-order chi connectivity index (χ0) is 15.2. The van der Waals surface area contributed by atoms with E-state index in [-0.39, 0.29) is 29.8 Å². The first-order valence-electron chi connectivity index (χ1n) is 7.05. The van der Waals surface area contributed by atoms with Crippen LogP contribution in [0.25, 0.3) is 0 Å². The van der Waals surface area contributed by atoms with Crippen molar-refractivity contribution in [3.05, 3.63) is 29.8 Å². The molecule has 1 amide bonds. The van der Waals surface area contributed by atoms with E-state index in [1.165, 1.54) is 5.56 Å². The molecule has 1 aromatic carbocycles. The zero-order valence-electron chi connectivity index (χ0n) is 13.3. The molecule has 0 radical (unpaired) electrons. The van der Waals surface area contributed by atoms with Crippen LogP contribution in [0.15, 0.2) is 24.3 Å². The summed E-state index contributed by atoms with van der Waals surface area (Å²) in [6.45, 7) is 9.27.